The first-order chi connectivity index (χ1) is 11.7. The molecule has 0 saturated heterocycles. The zero-order chi connectivity index (χ0) is 19.1. The Morgan fingerprint density at radius 2 is 1.52 bits per heavy atom. The highest BCUT2D eigenvalue weighted by molar-refractivity contribution is 5.94. The van der Waals surface area contributed by atoms with Crippen LogP contribution in [0.4, 0.5) is 17.1 Å². The molecular formula is C16H23N3O6. The van der Waals surface area contributed by atoms with Gasteiger partial charge in [-0.15, -0.1) is 0 Å². The van der Waals surface area contributed by atoms with Gasteiger partial charge < -0.3 is 9.64 Å². The van der Waals surface area contributed by atoms with Crippen molar-refractivity contribution >= 4 is 23.0 Å². The van der Waals surface area contributed by atoms with E-state index >= 15 is 0 Å². The van der Waals surface area contributed by atoms with Gasteiger partial charge in [0.25, 0.3) is 0 Å². The second-order valence-corrected chi connectivity index (χ2v) is 5.82. The first-order valence-corrected chi connectivity index (χ1v) is 8.15. The number of carbonyl (C=O) groups excluding carboxylic acids is 1. The van der Waals surface area contributed by atoms with Crippen molar-refractivity contribution < 1.29 is 19.4 Å². The summed E-state index contributed by atoms with van der Waals surface area (Å²) in [5.41, 5.74) is -1.21. The van der Waals surface area contributed by atoms with E-state index in [1.807, 2.05) is 13.8 Å². The van der Waals surface area contributed by atoms with E-state index in [0.29, 0.717) is 25.9 Å². The lowest BCUT2D eigenvalue weighted by Crippen LogP contribution is -2.27. The summed E-state index contributed by atoms with van der Waals surface area (Å²) in [4.78, 5) is 35.3. The van der Waals surface area contributed by atoms with Gasteiger partial charge in [0.15, 0.2) is 5.69 Å². The van der Waals surface area contributed by atoms with E-state index in [4.69, 9.17) is 4.74 Å². The van der Waals surface area contributed by atoms with Crippen molar-refractivity contribution in [2.75, 3.05) is 18.0 Å². The summed E-state index contributed by atoms with van der Waals surface area (Å²) in [5.74, 6) is -0.828. The number of anilines is 1. The third-order valence-corrected chi connectivity index (χ3v) is 3.34. The smallest absolute Gasteiger partial charge is 0.338 e. The number of carbonyl (C=O) groups is 1. The standard InChI is InChI=1S/C16H23N3O6/c1-5-7-17(8-6-2)15-13(18(21)22)9-12(10-14(15)19(23)24)16(20)25-11(3)4/h9-11H,5-8H2,1-4H3. The summed E-state index contributed by atoms with van der Waals surface area (Å²) in [5, 5.41) is 23.0. The van der Waals surface area contributed by atoms with Crippen LogP contribution in [0.15, 0.2) is 12.1 Å². The maximum Gasteiger partial charge on any atom is 0.338 e. The van der Waals surface area contributed by atoms with Crippen molar-refractivity contribution in [3.8, 4) is 0 Å². The van der Waals surface area contributed by atoms with E-state index in [1.54, 1.807) is 18.7 Å². The average molecular weight is 353 g/mol. The Morgan fingerprint density at radius 3 is 1.84 bits per heavy atom. The first kappa shape index (κ1) is 20.3. The second-order valence-electron chi connectivity index (χ2n) is 5.82. The number of nitro benzene ring substituents is 2. The molecule has 0 saturated carbocycles. The summed E-state index contributed by atoms with van der Waals surface area (Å²) in [7, 11) is 0. The quantitative estimate of drug-likeness (QED) is 0.377. The molecule has 0 N–H and O–H groups in total. The van der Waals surface area contributed by atoms with Gasteiger partial charge in [-0.2, -0.15) is 0 Å². The maximum absolute atomic E-state index is 12.1. The lowest BCUT2D eigenvalue weighted by atomic mass is 10.1. The van der Waals surface area contributed by atoms with E-state index in [2.05, 4.69) is 0 Å². The molecule has 138 valence electrons. The Bertz CT molecular complexity index is 618. The van der Waals surface area contributed by atoms with Crippen LogP contribution in [-0.4, -0.2) is 35.0 Å². The number of nitrogens with zero attached hydrogens (tertiary/aromatic N) is 3. The normalized spacial score (nSPS) is 10.6. The number of rotatable bonds is 9. The second kappa shape index (κ2) is 8.95. The SMILES string of the molecule is CCCN(CCC)c1c([N+](=O)[O-])cc(C(=O)OC(C)C)cc1[N+](=O)[O-]. The van der Waals surface area contributed by atoms with Crippen LogP contribution < -0.4 is 4.90 Å². The third kappa shape index (κ3) is 5.13. The van der Waals surface area contributed by atoms with Gasteiger partial charge in [0.1, 0.15) is 0 Å². The molecular weight excluding hydrogens is 330 g/mol. The molecule has 1 aromatic rings. The summed E-state index contributed by atoms with van der Waals surface area (Å²) in [6.45, 7) is 7.89. The van der Waals surface area contributed by atoms with E-state index in [9.17, 15) is 25.0 Å². The van der Waals surface area contributed by atoms with Crippen LogP contribution in [0, 0.1) is 20.2 Å². The molecule has 9 heteroatoms. The molecule has 0 radical (unpaired) electrons. The number of benzene rings is 1. The van der Waals surface area contributed by atoms with Gasteiger partial charge in [0.05, 0.1) is 21.5 Å². The molecule has 0 atom stereocenters. The highest BCUT2D eigenvalue weighted by atomic mass is 16.6. The zero-order valence-electron chi connectivity index (χ0n) is 14.9. The van der Waals surface area contributed by atoms with E-state index in [1.165, 1.54) is 0 Å². The fourth-order valence-corrected chi connectivity index (χ4v) is 2.48. The van der Waals surface area contributed by atoms with Crippen molar-refractivity contribution in [1.29, 1.82) is 0 Å². The molecule has 25 heavy (non-hydrogen) atoms. The molecule has 0 spiro atoms. The predicted molar refractivity (Wildman–Crippen MR) is 93.1 cm³/mol. The molecule has 0 aliphatic carbocycles. The number of nitro groups is 2. The van der Waals surface area contributed by atoms with Gasteiger partial charge in [-0.3, -0.25) is 20.2 Å². The highest BCUT2D eigenvalue weighted by Crippen LogP contribution is 2.39. The molecule has 0 aliphatic heterocycles. The first-order valence-electron chi connectivity index (χ1n) is 8.15. The fraction of sp³-hybridized carbons (Fsp3) is 0.562. The molecule has 1 aromatic carbocycles. The van der Waals surface area contributed by atoms with Crippen LogP contribution in [0.25, 0.3) is 0 Å². The Balaban J connectivity index is 3.61. The third-order valence-electron chi connectivity index (χ3n) is 3.34. The van der Waals surface area contributed by atoms with Crippen LogP contribution in [-0.2, 0) is 4.74 Å². The van der Waals surface area contributed by atoms with Gasteiger partial charge in [0, 0.05) is 25.2 Å². The van der Waals surface area contributed by atoms with Crippen molar-refractivity contribution in [3.05, 3.63) is 37.9 Å². The zero-order valence-corrected chi connectivity index (χ0v) is 14.9. The fourth-order valence-electron chi connectivity index (χ4n) is 2.48. The van der Waals surface area contributed by atoms with Crippen LogP contribution in [0.1, 0.15) is 50.9 Å². The number of hydrogen-bond acceptors (Lipinski definition) is 7. The Morgan fingerprint density at radius 1 is 1.08 bits per heavy atom. The lowest BCUT2D eigenvalue weighted by Gasteiger charge is -2.23. The molecule has 0 aromatic heterocycles. The minimum absolute atomic E-state index is 0.0696. The average Bonchev–Trinajstić information content (AvgIpc) is 2.52. The number of ether oxygens (including phenoxy) is 1. The summed E-state index contributed by atoms with van der Waals surface area (Å²) in [6.07, 6.45) is 0.902. The van der Waals surface area contributed by atoms with E-state index < -0.39 is 33.3 Å². The Labute approximate surface area is 145 Å². The van der Waals surface area contributed by atoms with Crippen LogP contribution >= 0.6 is 0 Å². The van der Waals surface area contributed by atoms with Crippen molar-refractivity contribution in [3.63, 3.8) is 0 Å². The van der Waals surface area contributed by atoms with Crippen molar-refractivity contribution in [1.82, 2.24) is 0 Å². The molecule has 0 bridgehead atoms. The highest BCUT2D eigenvalue weighted by Gasteiger charge is 2.32. The minimum Gasteiger partial charge on any atom is -0.459 e. The van der Waals surface area contributed by atoms with E-state index in [-0.39, 0.29) is 11.3 Å². The van der Waals surface area contributed by atoms with Gasteiger partial charge in [-0.05, 0) is 26.7 Å². The summed E-state index contributed by atoms with van der Waals surface area (Å²) in [6, 6.07) is 2.09. The van der Waals surface area contributed by atoms with Crippen molar-refractivity contribution in [2.24, 2.45) is 0 Å². The molecule has 0 amide bonds. The van der Waals surface area contributed by atoms with E-state index in [0.717, 1.165) is 12.1 Å². The van der Waals surface area contributed by atoms with Crippen LogP contribution in [0.3, 0.4) is 0 Å². The predicted octanol–water partition coefficient (Wildman–Crippen LogP) is 3.69. The molecule has 1 rings (SSSR count). The maximum atomic E-state index is 12.1. The Hall–Kier alpha value is -2.71. The molecule has 0 unspecified atom stereocenters. The topological polar surface area (TPSA) is 116 Å². The van der Waals surface area contributed by atoms with Gasteiger partial charge in [-0.25, -0.2) is 4.79 Å². The lowest BCUT2D eigenvalue weighted by molar-refractivity contribution is -0.392. The minimum atomic E-state index is -0.828. The van der Waals surface area contributed by atoms with Crippen LogP contribution in [0.5, 0.6) is 0 Å². The Kier molecular flexibility index (Phi) is 7.28. The van der Waals surface area contributed by atoms with Gasteiger partial charge in [-0.1, -0.05) is 13.8 Å². The molecule has 0 aliphatic rings. The van der Waals surface area contributed by atoms with Crippen LogP contribution in [0.2, 0.25) is 0 Å². The number of hydrogen-bond donors (Lipinski definition) is 0. The molecule has 0 heterocycles. The molecule has 0 fully saturated rings. The van der Waals surface area contributed by atoms with Crippen molar-refractivity contribution in [2.45, 2.75) is 46.6 Å². The summed E-state index contributed by atoms with van der Waals surface area (Å²) < 4.78 is 5.00. The molecule has 9 nitrogen and oxygen atoms in total. The monoisotopic (exact) mass is 353 g/mol. The number of esters is 1. The summed E-state index contributed by atoms with van der Waals surface area (Å²) >= 11 is 0. The van der Waals surface area contributed by atoms with Gasteiger partial charge in [0.2, 0.25) is 0 Å². The van der Waals surface area contributed by atoms with Gasteiger partial charge >= 0.3 is 17.3 Å². The largest absolute Gasteiger partial charge is 0.459 e.